The number of carbonyl (C=O) groups excluding carboxylic acids is 1. The Labute approximate surface area is 77.6 Å². The second-order valence-corrected chi connectivity index (χ2v) is 3.11. The molecular weight excluding hydrogens is 170 g/mol. The fourth-order valence-electron chi connectivity index (χ4n) is 0.820. The molecular formula is C9H15NO3. The van der Waals surface area contributed by atoms with Crippen molar-refractivity contribution in [2.45, 2.75) is 33.2 Å². The molecule has 0 aliphatic heterocycles. The Morgan fingerprint density at radius 3 is 2.23 bits per heavy atom. The number of carboxylic acid groups (broad SMARTS) is 1. The molecule has 4 nitrogen and oxygen atoms in total. The van der Waals surface area contributed by atoms with E-state index in [1.54, 1.807) is 6.08 Å². The van der Waals surface area contributed by atoms with Crippen LogP contribution in [0.15, 0.2) is 11.6 Å². The molecule has 74 valence electrons. The van der Waals surface area contributed by atoms with Crippen molar-refractivity contribution in [1.82, 2.24) is 5.32 Å². The van der Waals surface area contributed by atoms with Gasteiger partial charge in [0.25, 0.3) is 0 Å². The number of hydrogen-bond acceptors (Lipinski definition) is 2. The van der Waals surface area contributed by atoms with Crippen LogP contribution in [0.2, 0.25) is 0 Å². The van der Waals surface area contributed by atoms with Gasteiger partial charge in [-0.25, -0.2) is 4.79 Å². The van der Waals surface area contributed by atoms with Crippen molar-refractivity contribution in [3.8, 4) is 0 Å². The van der Waals surface area contributed by atoms with Crippen LogP contribution in [0.5, 0.6) is 0 Å². The van der Waals surface area contributed by atoms with Gasteiger partial charge < -0.3 is 10.4 Å². The highest BCUT2D eigenvalue weighted by atomic mass is 16.4. The van der Waals surface area contributed by atoms with E-state index in [-0.39, 0.29) is 5.91 Å². The van der Waals surface area contributed by atoms with E-state index in [9.17, 15) is 9.59 Å². The minimum atomic E-state index is -1.01. The van der Waals surface area contributed by atoms with Crippen LogP contribution >= 0.6 is 0 Å². The van der Waals surface area contributed by atoms with Gasteiger partial charge in [0.15, 0.2) is 0 Å². The molecule has 0 spiro atoms. The SMILES string of the molecule is CC(=O)N[C@H](CC=C(C)C)C(=O)O. The van der Waals surface area contributed by atoms with Gasteiger partial charge in [-0.3, -0.25) is 4.79 Å². The first-order valence-electron chi connectivity index (χ1n) is 4.06. The molecule has 0 radical (unpaired) electrons. The number of nitrogens with one attached hydrogen (secondary N) is 1. The number of aliphatic carboxylic acids is 1. The van der Waals surface area contributed by atoms with Crippen molar-refractivity contribution < 1.29 is 14.7 Å². The van der Waals surface area contributed by atoms with Gasteiger partial charge >= 0.3 is 5.97 Å². The maximum Gasteiger partial charge on any atom is 0.326 e. The van der Waals surface area contributed by atoms with E-state index in [1.807, 2.05) is 13.8 Å². The molecule has 0 aromatic heterocycles. The summed E-state index contributed by atoms with van der Waals surface area (Å²) >= 11 is 0. The highest BCUT2D eigenvalue weighted by molar-refractivity contribution is 5.82. The summed E-state index contributed by atoms with van der Waals surface area (Å²) in [5, 5.41) is 11.0. The molecule has 0 aliphatic carbocycles. The monoisotopic (exact) mass is 185 g/mol. The Balaban J connectivity index is 4.19. The molecule has 0 aliphatic rings. The lowest BCUT2D eigenvalue weighted by Crippen LogP contribution is -2.39. The zero-order valence-electron chi connectivity index (χ0n) is 8.13. The second kappa shape index (κ2) is 5.35. The van der Waals surface area contributed by atoms with Crippen molar-refractivity contribution in [2.24, 2.45) is 0 Å². The topological polar surface area (TPSA) is 66.4 Å². The number of amides is 1. The van der Waals surface area contributed by atoms with Gasteiger partial charge in [0.2, 0.25) is 5.91 Å². The predicted molar refractivity (Wildman–Crippen MR) is 49.3 cm³/mol. The summed E-state index contributed by atoms with van der Waals surface area (Å²) in [5.74, 6) is -1.33. The maximum absolute atomic E-state index is 10.6. The van der Waals surface area contributed by atoms with Crippen molar-refractivity contribution in [3.05, 3.63) is 11.6 Å². The molecule has 0 rings (SSSR count). The fourth-order valence-corrected chi connectivity index (χ4v) is 0.820. The summed E-state index contributed by atoms with van der Waals surface area (Å²) in [6.07, 6.45) is 2.12. The molecule has 1 amide bonds. The maximum atomic E-state index is 10.6. The van der Waals surface area contributed by atoms with Crippen molar-refractivity contribution in [2.75, 3.05) is 0 Å². The minimum Gasteiger partial charge on any atom is -0.480 e. The lowest BCUT2D eigenvalue weighted by Gasteiger charge is -2.10. The van der Waals surface area contributed by atoms with Gasteiger partial charge in [-0.1, -0.05) is 11.6 Å². The van der Waals surface area contributed by atoms with E-state index in [0.29, 0.717) is 6.42 Å². The number of carbonyl (C=O) groups is 2. The Morgan fingerprint density at radius 1 is 1.38 bits per heavy atom. The first-order valence-corrected chi connectivity index (χ1v) is 4.06. The van der Waals surface area contributed by atoms with Crippen molar-refractivity contribution in [3.63, 3.8) is 0 Å². The zero-order valence-corrected chi connectivity index (χ0v) is 8.13. The summed E-state index contributed by atoms with van der Waals surface area (Å²) in [6.45, 7) is 5.07. The smallest absolute Gasteiger partial charge is 0.326 e. The van der Waals surface area contributed by atoms with Crippen LogP contribution in [-0.4, -0.2) is 23.0 Å². The minimum absolute atomic E-state index is 0.324. The van der Waals surface area contributed by atoms with Gasteiger partial charge in [-0.15, -0.1) is 0 Å². The van der Waals surface area contributed by atoms with Crippen LogP contribution in [0.25, 0.3) is 0 Å². The Morgan fingerprint density at radius 2 is 1.92 bits per heavy atom. The first kappa shape index (κ1) is 11.7. The predicted octanol–water partition coefficient (Wildman–Crippen LogP) is 0.932. The van der Waals surface area contributed by atoms with Gasteiger partial charge in [-0.05, 0) is 20.3 Å². The van der Waals surface area contributed by atoms with E-state index in [2.05, 4.69) is 5.32 Å². The average molecular weight is 185 g/mol. The van der Waals surface area contributed by atoms with Gasteiger partial charge in [0.05, 0.1) is 0 Å². The lowest BCUT2D eigenvalue weighted by molar-refractivity contribution is -0.141. The Hall–Kier alpha value is -1.32. The molecule has 0 saturated carbocycles. The molecule has 13 heavy (non-hydrogen) atoms. The molecule has 2 N–H and O–H groups in total. The zero-order chi connectivity index (χ0) is 10.4. The summed E-state index contributed by atoms with van der Waals surface area (Å²) in [5.41, 5.74) is 1.04. The molecule has 0 aromatic carbocycles. The average Bonchev–Trinajstić information content (AvgIpc) is 1.96. The van der Waals surface area contributed by atoms with Crippen molar-refractivity contribution >= 4 is 11.9 Å². The number of rotatable bonds is 4. The Bertz CT molecular complexity index is 229. The van der Waals surface area contributed by atoms with E-state index >= 15 is 0 Å². The fraction of sp³-hybridized carbons (Fsp3) is 0.556. The van der Waals surface area contributed by atoms with Gasteiger partial charge in [-0.2, -0.15) is 0 Å². The van der Waals surface area contributed by atoms with Crippen LogP contribution in [0.3, 0.4) is 0 Å². The van der Waals surface area contributed by atoms with E-state index in [4.69, 9.17) is 5.11 Å². The molecule has 0 unspecified atom stereocenters. The summed E-state index contributed by atoms with van der Waals surface area (Å²) in [7, 11) is 0. The summed E-state index contributed by atoms with van der Waals surface area (Å²) < 4.78 is 0. The summed E-state index contributed by atoms with van der Waals surface area (Å²) in [6, 6.07) is -0.813. The lowest BCUT2D eigenvalue weighted by atomic mass is 10.1. The third-order valence-electron chi connectivity index (χ3n) is 1.44. The standard InChI is InChI=1S/C9H15NO3/c1-6(2)4-5-8(9(12)13)10-7(3)11/h4,8H,5H2,1-3H3,(H,10,11)(H,12,13)/t8-/m1/s1. The van der Waals surface area contributed by atoms with Crippen LogP contribution in [0.1, 0.15) is 27.2 Å². The number of allylic oxidation sites excluding steroid dienone is 1. The third kappa shape index (κ3) is 5.90. The molecule has 1 atom stereocenters. The van der Waals surface area contributed by atoms with Crippen LogP contribution in [-0.2, 0) is 9.59 Å². The molecule has 0 bridgehead atoms. The quantitative estimate of drug-likeness (QED) is 0.640. The second-order valence-electron chi connectivity index (χ2n) is 3.11. The van der Waals surface area contributed by atoms with Gasteiger partial charge in [0, 0.05) is 6.92 Å². The highest BCUT2D eigenvalue weighted by Gasteiger charge is 2.15. The largest absolute Gasteiger partial charge is 0.480 e. The normalized spacial score (nSPS) is 11.6. The molecule has 0 aromatic rings. The van der Waals surface area contributed by atoms with Gasteiger partial charge in [0.1, 0.15) is 6.04 Å². The number of hydrogen-bond donors (Lipinski definition) is 2. The molecule has 0 fully saturated rings. The Kier molecular flexibility index (Phi) is 4.80. The van der Waals surface area contributed by atoms with Crippen LogP contribution in [0.4, 0.5) is 0 Å². The highest BCUT2D eigenvalue weighted by Crippen LogP contribution is 1.98. The summed E-state index contributed by atoms with van der Waals surface area (Å²) in [4.78, 5) is 21.2. The van der Waals surface area contributed by atoms with E-state index in [0.717, 1.165) is 5.57 Å². The third-order valence-corrected chi connectivity index (χ3v) is 1.44. The molecule has 4 heteroatoms. The number of carboxylic acids is 1. The van der Waals surface area contributed by atoms with E-state index in [1.165, 1.54) is 6.92 Å². The van der Waals surface area contributed by atoms with E-state index < -0.39 is 12.0 Å². The van der Waals surface area contributed by atoms with Crippen LogP contribution < -0.4 is 5.32 Å². The first-order chi connectivity index (χ1) is 5.93. The molecule has 0 saturated heterocycles. The molecule has 0 heterocycles. The van der Waals surface area contributed by atoms with Crippen LogP contribution in [0, 0.1) is 0 Å². The van der Waals surface area contributed by atoms with Crippen molar-refractivity contribution in [1.29, 1.82) is 0 Å².